The molecular formula is C18H25NO2. The Labute approximate surface area is 127 Å². The summed E-state index contributed by atoms with van der Waals surface area (Å²) in [4.78, 5) is 12.1. The molecule has 3 rings (SSSR count). The number of benzene rings is 1. The number of para-hydroxylation sites is 1. The van der Waals surface area contributed by atoms with E-state index in [0.717, 1.165) is 12.1 Å². The van der Waals surface area contributed by atoms with Crippen LogP contribution in [-0.4, -0.2) is 18.6 Å². The zero-order valence-electron chi connectivity index (χ0n) is 13.2. The number of esters is 1. The molecule has 1 aromatic carbocycles. The van der Waals surface area contributed by atoms with Gasteiger partial charge < -0.3 is 10.1 Å². The Kier molecular flexibility index (Phi) is 3.46. The van der Waals surface area contributed by atoms with E-state index in [1.807, 2.05) is 30.3 Å². The largest absolute Gasteiger partial charge is 0.460 e. The molecule has 2 fully saturated rings. The predicted molar refractivity (Wildman–Crippen MR) is 84.0 cm³/mol. The number of hydrogen-bond donors (Lipinski definition) is 1. The summed E-state index contributed by atoms with van der Waals surface area (Å²) in [6.45, 7) is 7.20. The Balaban J connectivity index is 1.57. The Morgan fingerprint density at radius 3 is 2.57 bits per heavy atom. The zero-order chi connectivity index (χ0) is 15.1. The summed E-state index contributed by atoms with van der Waals surface area (Å²) >= 11 is 0. The monoisotopic (exact) mass is 287 g/mol. The summed E-state index contributed by atoms with van der Waals surface area (Å²) in [5.74, 6) is 0.552. The molecule has 2 saturated carbocycles. The summed E-state index contributed by atoms with van der Waals surface area (Å²) in [5.41, 5.74) is 1.37. The lowest BCUT2D eigenvalue weighted by atomic mass is 9.70. The van der Waals surface area contributed by atoms with E-state index in [-0.39, 0.29) is 29.4 Å². The van der Waals surface area contributed by atoms with Crippen LogP contribution in [0.2, 0.25) is 0 Å². The molecule has 1 N–H and O–H groups in total. The van der Waals surface area contributed by atoms with Gasteiger partial charge in [-0.25, -0.2) is 0 Å². The van der Waals surface area contributed by atoms with E-state index in [0.29, 0.717) is 5.92 Å². The minimum absolute atomic E-state index is 0.0799. The first-order valence-electron chi connectivity index (χ1n) is 7.92. The minimum atomic E-state index is -0.145. The van der Waals surface area contributed by atoms with Crippen molar-refractivity contribution in [3.63, 3.8) is 0 Å². The van der Waals surface area contributed by atoms with Crippen LogP contribution < -0.4 is 5.32 Å². The van der Waals surface area contributed by atoms with Crippen LogP contribution in [-0.2, 0) is 9.53 Å². The van der Waals surface area contributed by atoms with Crippen LogP contribution in [0, 0.1) is 16.7 Å². The first kappa shape index (κ1) is 14.4. The Bertz CT molecular complexity index is 525. The molecule has 0 radical (unpaired) electrons. The Hall–Kier alpha value is -1.51. The molecular weight excluding hydrogens is 262 g/mol. The molecule has 114 valence electrons. The molecule has 0 spiro atoms. The van der Waals surface area contributed by atoms with Crippen LogP contribution in [0.3, 0.4) is 0 Å². The van der Waals surface area contributed by atoms with Crippen molar-refractivity contribution >= 4 is 11.7 Å². The molecule has 1 aromatic rings. The van der Waals surface area contributed by atoms with Crippen LogP contribution in [0.1, 0.15) is 40.0 Å². The van der Waals surface area contributed by atoms with Gasteiger partial charge >= 0.3 is 5.97 Å². The van der Waals surface area contributed by atoms with Crippen molar-refractivity contribution in [2.45, 2.75) is 46.1 Å². The highest BCUT2D eigenvalue weighted by Gasteiger charge is 2.62. The number of fused-ring (bicyclic) bond motifs is 2. The fourth-order valence-electron chi connectivity index (χ4n) is 4.24. The quantitative estimate of drug-likeness (QED) is 0.855. The van der Waals surface area contributed by atoms with Crippen LogP contribution in [0.15, 0.2) is 30.3 Å². The maximum Gasteiger partial charge on any atom is 0.325 e. The fourth-order valence-corrected chi connectivity index (χ4v) is 4.24. The van der Waals surface area contributed by atoms with Crippen LogP contribution in [0.25, 0.3) is 0 Å². The van der Waals surface area contributed by atoms with Crippen molar-refractivity contribution in [2.24, 2.45) is 16.7 Å². The van der Waals surface area contributed by atoms with Crippen molar-refractivity contribution in [3.05, 3.63) is 30.3 Å². The second-order valence-corrected chi connectivity index (χ2v) is 7.31. The summed E-state index contributed by atoms with van der Waals surface area (Å²) < 4.78 is 5.80. The molecule has 0 aromatic heterocycles. The molecule has 0 unspecified atom stereocenters. The fraction of sp³-hybridized carbons (Fsp3) is 0.611. The summed E-state index contributed by atoms with van der Waals surface area (Å²) in [6, 6.07) is 9.77. The van der Waals surface area contributed by atoms with Crippen LogP contribution >= 0.6 is 0 Å². The van der Waals surface area contributed by atoms with Gasteiger partial charge in [0.05, 0.1) is 0 Å². The summed E-state index contributed by atoms with van der Waals surface area (Å²) in [6.07, 6.45) is 3.56. The van der Waals surface area contributed by atoms with Crippen molar-refractivity contribution < 1.29 is 9.53 Å². The third-order valence-corrected chi connectivity index (χ3v) is 6.20. The number of hydrogen-bond acceptors (Lipinski definition) is 3. The zero-order valence-corrected chi connectivity index (χ0v) is 13.2. The average Bonchev–Trinajstić information content (AvgIpc) is 2.79. The smallest absolute Gasteiger partial charge is 0.325 e. The molecule has 2 aliphatic rings. The first-order chi connectivity index (χ1) is 9.93. The molecule has 0 heterocycles. The molecule has 2 aliphatic carbocycles. The van der Waals surface area contributed by atoms with Gasteiger partial charge in [-0.15, -0.1) is 0 Å². The van der Waals surface area contributed by atoms with Gasteiger partial charge in [-0.05, 0) is 42.7 Å². The topological polar surface area (TPSA) is 38.3 Å². The molecule has 0 amide bonds. The van der Waals surface area contributed by atoms with Gasteiger partial charge in [0.2, 0.25) is 0 Å². The standard InChI is InChI=1S/C18H25NO2/c1-17(2)13-9-10-18(17,3)15(11-13)21-16(20)12-19-14-7-5-4-6-8-14/h4-8,13,15,19H,9-12H2,1-3H3/t13-,15-,18+/m0/s1. The molecule has 0 saturated heterocycles. The molecule has 2 bridgehead atoms. The highest BCUT2D eigenvalue weighted by Crippen LogP contribution is 2.66. The second kappa shape index (κ2) is 5.04. The molecule has 0 aliphatic heterocycles. The van der Waals surface area contributed by atoms with Gasteiger partial charge in [0.1, 0.15) is 12.6 Å². The van der Waals surface area contributed by atoms with Crippen LogP contribution in [0.4, 0.5) is 5.69 Å². The van der Waals surface area contributed by atoms with E-state index in [9.17, 15) is 4.79 Å². The van der Waals surface area contributed by atoms with E-state index in [1.165, 1.54) is 12.8 Å². The third kappa shape index (κ3) is 2.33. The minimum Gasteiger partial charge on any atom is -0.460 e. The number of carbonyl (C=O) groups is 1. The van der Waals surface area contributed by atoms with Crippen molar-refractivity contribution in [1.29, 1.82) is 0 Å². The van der Waals surface area contributed by atoms with E-state index in [1.54, 1.807) is 0 Å². The third-order valence-electron chi connectivity index (χ3n) is 6.20. The van der Waals surface area contributed by atoms with E-state index >= 15 is 0 Å². The van der Waals surface area contributed by atoms with Crippen molar-refractivity contribution in [1.82, 2.24) is 0 Å². The maximum absolute atomic E-state index is 12.1. The van der Waals surface area contributed by atoms with Gasteiger partial charge in [0.15, 0.2) is 0 Å². The first-order valence-corrected chi connectivity index (χ1v) is 7.92. The highest BCUT2D eigenvalue weighted by molar-refractivity contribution is 5.75. The van der Waals surface area contributed by atoms with Gasteiger partial charge in [0, 0.05) is 11.1 Å². The molecule has 3 nitrogen and oxygen atoms in total. The van der Waals surface area contributed by atoms with Gasteiger partial charge in [-0.2, -0.15) is 0 Å². The van der Waals surface area contributed by atoms with Crippen LogP contribution in [0.5, 0.6) is 0 Å². The summed E-state index contributed by atoms with van der Waals surface area (Å²) in [7, 11) is 0. The average molecular weight is 287 g/mol. The van der Waals surface area contributed by atoms with Gasteiger partial charge in [-0.3, -0.25) is 4.79 Å². The molecule has 3 atom stereocenters. The number of nitrogens with one attached hydrogen (secondary N) is 1. The number of rotatable bonds is 4. The predicted octanol–water partition coefficient (Wildman–Crippen LogP) is 3.86. The normalized spacial score (nSPS) is 32.9. The number of carbonyl (C=O) groups excluding carboxylic acids is 1. The highest BCUT2D eigenvalue weighted by atomic mass is 16.5. The van der Waals surface area contributed by atoms with E-state index < -0.39 is 0 Å². The lowest BCUT2D eigenvalue weighted by Gasteiger charge is -2.38. The van der Waals surface area contributed by atoms with Crippen molar-refractivity contribution in [3.8, 4) is 0 Å². The SMILES string of the molecule is CC1(C)[C@H]2CC[C@]1(C)[C@@H](OC(=O)CNc1ccccc1)C2. The lowest BCUT2D eigenvalue weighted by molar-refractivity contribution is -0.154. The molecule has 21 heavy (non-hydrogen) atoms. The Morgan fingerprint density at radius 1 is 1.29 bits per heavy atom. The van der Waals surface area contributed by atoms with E-state index in [2.05, 4.69) is 26.1 Å². The number of ether oxygens (including phenoxy) is 1. The number of anilines is 1. The van der Waals surface area contributed by atoms with Gasteiger partial charge in [-0.1, -0.05) is 39.0 Å². The Morgan fingerprint density at radius 2 is 2.00 bits per heavy atom. The lowest BCUT2D eigenvalue weighted by Crippen LogP contribution is -2.39. The molecule has 3 heteroatoms. The summed E-state index contributed by atoms with van der Waals surface area (Å²) in [5, 5.41) is 3.12. The van der Waals surface area contributed by atoms with Gasteiger partial charge in [0.25, 0.3) is 0 Å². The van der Waals surface area contributed by atoms with E-state index in [4.69, 9.17) is 4.74 Å². The van der Waals surface area contributed by atoms with Crippen molar-refractivity contribution in [2.75, 3.05) is 11.9 Å². The second-order valence-electron chi connectivity index (χ2n) is 7.31. The maximum atomic E-state index is 12.1.